The normalized spacial score (nSPS) is 11.5. The molecule has 0 amide bonds. The van der Waals surface area contributed by atoms with Gasteiger partial charge in [-0.05, 0) is 87.0 Å². The molecular weight excluding hydrogens is 899 g/mol. The predicted octanol–water partition coefficient (Wildman–Crippen LogP) is 17.7. The molecule has 0 atom stereocenters. The van der Waals surface area contributed by atoms with Crippen LogP contribution in [0.5, 0.6) is 0 Å². The van der Waals surface area contributed by atoms with Gasteiger partial charge in [-0.3, -0.25) is 4.57 Å². The van der Waals surface area contributed by atoms with Gasteiger partial charge in [0.15, 0.2) is 11.6 Å². The molecule has 0 saturated heterocycles. The third kappa shape index (κ3) is 7.29. The molecule has 0 N–H and O–H groups in total. The van der Waals surface area contributed by atoms with Crippen molar-refractivity contribution in [2.45, 2.75) is 0 Å². The fourth-order valence-electron chi connectivity index (χ4n) is 11.1. The molecule has 3 aromatic heterocycles. The minimum Gasteiger partial charge on any atom is -0.307 e. The van der Waals surface area contributed by atoms with E-state index >= 15 is 0 Å². The fraction of sp³-hybridized carbons (Fsp3) is 0. The van der Waals surface area contributed by atoms with E-state index in [9.17, 15) is 0 Å². The van der Waals surface area contributed by atoms with Crippen molar-refractivity contribution in [3.8, 4) is 90.0 Å². The number of nitrogens with zero attached hydrogens (tertiary/aromatic N) is 5. The molecule has 5 heteroatoms. The zero-order valence-electron chi connectivity index (χ0n) is 40.2. The highest BCUT2D eigenvalue weighted by Gasteiger charge is 2.30. The third-order valence-electron chi connectivity index (χ3n) is 14.3. The van der Waals surface area contributed by atoms with Gasteiger partial charge in [0.05, 0.1) is 22.1 Å². The van der Waals surface area contributed by atoms with E-state index in [4.69, 9.17) is 15.0 Å². The number of para-hydroxylation sites is 3. The molecule has 14 rings (SSSR count). The maximum Gasteiger partial charge on any atom is 0.238 e. The van der Waals surface area contributed by atoms with Crippen LogP contribution in [0.4, 0.5) is 0 Å². The van der Waals surface area contributed by atoms with Crippen molar-refractivity contribution < 1.29 is 0 Å². The summed E-state index contributed by atoms with van der Waals surface area (Å²) >= 11 is 0. The standard InChI is InChI=1S/C69H45N5/c1-6-23-46(24-7-1)50-31-20-33-52(43-50)53-34-22-36-55(45-53)68-70-67(54-35-21-32-51(44-54)47-25-8-2-9-26-47)71-69(72-68)74-60-42-19-17-40-58(60)64-62(49-29-12-4-13-30-49)61(48-27-10-3-11-28-48)63-57-39-16-18-41-59(57)73(65(63)66(64)74)56-37-14-5-15-38-56/h1-45H. The first kappa shape index (κ1) is 42.9. The monoisotopic (exact) mass is 943 g/mol. The SMILES string of the molecule is c1ccc(-c2cccc(-c3cccc(-c4nc(-c5cccc(-c6ccccc6)c5)nc(-n5c6ccccc6c6c(-c7ccccc7)c(-c7ccccc7)c7c8ccccc8n(-c8ccccc8)c7c65)n4)c3)c2)cc1. The summed E-state index contributed by atoms with van der Waals surface area (Å²) in [6, 6.07) is 97.0. The topological polar surface area (TPSA) is 48.5 Å². The molecule has 0 fully saturated rings. The van der Waals surface area contributed by atoms with Crippen LogP contribution in [0.25, 0.3) is 134 Å². The molecule has 0 aliphatic rings. The van der Waals surface area contributed by atoms with E-state index in [1.807, 2.05) is 0 Å². The number of benzene rings is 11. The summed E-state index contributed by atoms with van der Waals surface area (Å²) in [7, 11) is 0. The van der Waals surface area contributed by atoms with Crippen molar-refractivity contribution in [1.82, 2.24) is 24.1 Å². The van der Waals surface area contributed by atoms with Gasteiger partial charge in [0.1, 0.15) is 0 Å². The minimum absolute atomic E-state index is 0.524. The van der Waals surface area contributed by atoms with Crippen LogP contribution in [0.3, 0.4) is 0 Å². The highest BCUT2D eigenvalue weighted by Crippen LogP contribution is 2.52. The molecule has 0 spiro atoms. The van der Waals surface area contributed by atoms with Crippen molar-refractivity contribution >= 4 is 43.6 Å². The van der Waals surface area contributed by atoms with Crippen molar-refractivity contribution in [2.75, 3.05) is 0 Å². The van der Waals surface area contributed by atoms with Crippen LogP contribution in [0.15, 0.2) is 273 Å². The number of fused-ring (bicyclic) bond motifs is 7. The maximum atomic E-state index is 5.63. The zero-order chi connectivity index (χ0) is 49.0. The Morgan fingerprint density at radius 2 is 0.568 bits per heavy atom. The van der Waals surface area contributed by atoms with Gasteiger partial charge in [-0.1, -0.05) is 231 Å². The van der Waals surface area contributed by atoms with Gasteiger partial charge >= 0.3 is 0 Å². The summed E-state index contributed by atoms with van der Waals surface area (Å²) in [6.45, 7) is 0. The second kappa shape index (κ2) is 18.0. The summed E-state index contributed by atoms with van der Waals surface area (Å²) in [5.41, 5.74) is 18.3. The Balaban J connectivity index is 1.12. The van der Waals surface area contributed by atoms with E-state index in [-0.39, 0.29) is 0 Å². The number of hydrogen-bond acceptors (Lipinski definition) is 3. The van der Waals surface area contributed by atoms with Gasteiger partial charge in [0, 0.05) is 49.5 Å². The number of aromatic nitrogens is 5. The van der Waals surface area contributed by atoms with Crippen LogP contribution in [0.1, 0.15) is 0 Å². The molecule has 74 heavy (non-hydrogen) atoms. The Hall–Kier alpha value is -9.97. The largest absolute Gasteiger partial charge is 0.307 e. The van der Waals surface area contributed by atoms with E-state index in [2.05, 4.69) is 282 Å². The van der Waals surface area contributed by atoms with E-state index in [1.54, 1.807) is 0 Å². The first-order valence-electron chi connectivity index (χ1n) is 25.1. The lowest BCUT2D eigenvalue weighted by atomic mass is 9.87. The zero-order valence-corrected chi connectivity index (χ0v) is 40.2. The van der Waals surface area contributed by atoms with Gasteiger partial charge in [-0.2, -0.15) is 9.97 Å². The smallest absolute Gasteiger partial charge is 0.238 e. The van der Waals surface area contributed by atoms with Crippen molar-refractivity contribution in [2.24, 2.45) is 0 Å². The molecule has 11 aromatic carbocycles. The van der Waals surface area contributed by atoms with Crippen LogP contribution < -0.4 is 0 Å². The first-order chi connectivity index (χ1) is 36.7. The summed E-state index contributed by atoms with van der Waals surface area (Å²) in [4.78, 5) is 16.7. The molecule has 0 aliphatic heterocycles. The predicted molar refractivity (Wildman–Crippen MR) is 307 cm³/mol. The Labute approximate surface area is 428 Å². The number of rotatable bonds is 9. The molecule has 0 aliphatic carbocycles. The van der Waals surface area contributed by atoms with Gasteiger partial charge in [0.2, 0.25) is 5.95 Å². The van der Waals surface area contributed by atoms with E-state index < -0.39 is 0 Å². The van der Waals surface area contributed by atoms with Crippen LogP contribution >= 0.6 is 0 Å². The highest BCUT2D eigenvalue weighted by molar-refractivity contribution is 6.33. The van der Waals surface area contributed by atoms with E-state index in [0.29, 0.717) is 17.6 Å². The van der Waals surface area contributed by atoms with E-state index in [1.165, 1.54) is 11.1 Å². The van der Waals surface area contributed by atoms with Crippen LogP contribution in [-0.4, -0.2) is 24.1 Å². The lowest BCUT2D eigenvalue weighted by molar-refractivity contribution is 0.953. The molecule has 346 valence electrons. The molecule has 5 nitrogen and oxygen atoms in total. The molecular formula is C69H45N5. The van der Waals surface area contributed by atoms with Crippen LogP contribution in [-0.2, 0) is 0 Å². The summed E-state index contributed by atoms with van der Waals surface area (Å²) in [5.74, 6) is 1.68. The lowest BCUT2D eigenvalue weighted by Crippen LogP contribution is -2.07. The van der Waals surface area contributed by atoms with Crippen molar-refractivity contribution in [3.05, 3.63) is 273 Å². The maximum absolute atomic E-state index is 5.63. The fourth-order valence-corrected chi connectivity index (χ4v) is 11.1. The quantitative estimate of drug-likeness (QED) is 0.145. The van der Waals surface area contributed by atoms with Crippen molar-refractivity contribution in [1.29, 1.82) is 0 Å². The second-order valence-electron chi connectivity index (χ2n) is 18.7. The molecule has 3 heterocycles. The van der Waals surface area contributed by atoms with E-state index in [0.717, 1.165) is 105 Å². The Bertz CT molecular complexity index is 4390. The molecule has 0 saturated carbocycles. The van der Waals surface area contributed by atoms with Gasteiger partial charge < -0.3 is 4.57 Å². The molecule has 0 bridgehead atoms. The Kier molecular flexibility index (Phi) is 10.4. The first-order valence-corrected chi connectivity index (χ1v) is 25.1. The van der Waals surface area contributed by atoms with Gasteiger partial charge in [-0.25, -0.2) is 4.98 Å². The van der Waals surface area contributed by atoms with Crippen molar-refractivity contribution in [3.63, 3.8) is 0 Å². The summed E-state index contributed by atoms with van der Waals surface area (Å²) < 4.78 is 4.76. The van der Waals surface area contributed by atoms with Crippen LogP contribution in [0, 0.1) is 0 Å². The lowest BCUT2D eigenvalue weighted by Gasteiger charge is -2.18. The molecule has 14 aromatic rings. The summed E-state index contributed by atoms with van der Waals surface area (Å²) in [6.07, 6.45) is 0. The average Bonchev–Trinajstić information content (AvgIpc) is 4.03. The van der Waals surface area contributed by atoms with Gasteiger partial charge in [0.25, 0.3) is 0 Å². The van der Waals surface area contributed by atoms with Crippen LogP contribution in [0.2, 0.25) is 0 Å². The third-order valence-corrected chi connectivity index (χ3v) is 14.3. The summed E-state index contributed by atoms with van der Waals surface area (Å²) in [5, 5.41) is 4.53. The minimum atomic E-state index is 0.524. The Morgan fingerprint density at radius 3 is 1.03 bits per heavy atom. The second-order valence-corrected chi connectivity index (χ2v) is 18.7. The highest BCUT2D eigenvalue weighted by atomic mass is 15.2. The van der Waals surface area contributed by atoms with Gasteiger partial charge in [-0.15, -0.1) is 0 Å². The molecule has 0 radical (unpaired) electrons. The number of hydrogen-bond donors (Lipinski definition) is 0. The molecule has 0 unspecified atom stereocenters. The average molecular weight is 944 g/mol. The Morgan fingerprint density at radius 1 is 0.243 bits per heavy atom.